The zero-order valence-electron chi connectivity index (χ0n) is 14.6. The van der Waals surface area contributed by atoms with Gasteiger partial charge in [0.25, 0.3) is 5.91 Å². The van der Waals surface area contributed by atoms with E-state index in [1.165, 1.54) is 4.31 Å². The molecule has 2 aromatic rings. The number of rotatable bonds is 3. The second-order valence-corrected chi connectivity index (χ2v) is 8.66. The minimum atomic E-state index is -3.56. The van der Waals surface area contributed by atoms with Gasteiger partial charge in [-0.15, -0.1) is 0 Å². The lowest BCUT2D eigenvalue weighted by molar-refractivity contribution is -0.122. The van der Waals surface area contributed by atoms with Crippen molar-refractivity contribution in [2.45, 2.75) is 20.0 Å². The molecule has 1 aliphatic heterocycles. The van der Waals surface area contributed by atoms with E-state index in [0.717, 1.165) is 17.4 Å². The summed E-state index contributed by atoms with van der Waals surface area (Å²) in [6.45, 7) is 3.61. The number of aryl methyl sites for hydroxylation is 2. The Labute approximate surface area is 157 Å². The van der Waals surface area contributed by atoms with Crippen LogP contribution < -0.4 is 14.4 Å². The van der Waals surface area contributed by atoms with Gasteiger partial charge in [-0.05, 0) is 49.2 Å². The average molecular weight is 395 g/mol. The molecule has 0 fully saturated rings. The summed E-state index contributed by atoms with van der Waals surface area (Å²) < 4.78 is 31.4. The van der Waals surface area contributed by atoms with Gasteiger partial charge in [0, 0.05) is 10.7 Å². The molecule has 3 rings (SSSR count). The number of anilines is 2. The van der Waals surface area contributed by atoms with Crippen LogP contribution in [0.4, 0.5) is 11.4 Å². The van der Waals surface area contributed by atoms with Crippen LogP contribution >= 0.6 is 11.6 Å². The zero-order chi connectivity index (χ0) is 19.1. The summed E-state index contributed by atoms with van der Waals surface area (Å²) in [5.41, 5.74) is 2.75. The van der Waals surface area contributed by atoms with Crippen molar-refractivity contribution in [3.63, 3.8) is 0 Å². The largest absolute Gasteiger partial charge is 0.476 e. The number of amides is 1. The Morgan fingerprint density at radius 1 is 1.23 bits per heavy atom. The zero-order valence-corrected chi connectivity index (χ0v) is 16.2. The molecule has 138 valence electrons. The number of nitrogens with zero attached hydrogens (tertiary/aromatic N) is 1. The van der Waals surface area contributed by atoms with Crippen LogP contribution in [0.25, 0.3) is 0 Å². The van der Waals surface area contributed by atoms with Crippen molar-refractivity contribution < 1.29 is 17.9 Å². The number of hydrogen-bond donors (Lipinski definition) is 1. The molecule has 0 radical (unpaired) electrons. The predicted molar refractivity (Wildman–Crippen MR) is 103 cm³/mol. The van der Waals surface area contributed by atoms with E-state index in [0.29, 0.717) is 22.1 Å². The first-order chi connectivity index (χ1) is 12.1. The van der Waals surface area contributed by atoms with E-state index in [9.17, 15) is 13.2 Å². The predicted octanol–water partition coefficient (Wildman–Crippen LogP) is 3.12. The quantitative estimate of drug-likeness (QED) is 0.867. The topological polar surface area (TPSA) is 75.7 Å². The van der Waals surface area contributed by atoms with Crippen molar-refractivity contribution in [2.24, 2.45) is 0 Å². The average Bonchev–Trinajstić information content (AvgIpc) is 2.56. The van der Waals surface area contributed by atoms with Gasteiger partial charge in [-0.1, -0.05) is 23.7 Å². The molecule has 0 aromatic heterocycles. The summed E-state index contributed by atoms with van der Waals surface area (Å²) in [5, 5.41) is 3.26. The Kier molecular flexibility index (Phi) is 4.86. The Bertz CT molecular complexity index is 975. The van der Waals surface area contributed by atoms with E-state index in [1.807, 2.05) is 13.8 Å². The van der Waals surface area contributed by atoms with Gasteiger partial charge in [-0.2, -0.15) is 0 Å². The van der Waals surface area contributed by atoms with Crippen molar-refractivity contribution in [3.05, 3.63) is 52.5 Å². The third kappa shape index (κ3) is 3.78. The second kappa shape index (κ2) is 6.81. The highest BCUT2D eigenvalue weighted by molar-refractivity contribution is 7.92. The summed E-state index contributed by atoms with van der Waals surface area (Å²) in [6, 6.07) is 10.4. The van der Waals surface area contributed by atoms with Crippen LogP contribution in [0.5, 0.6) is 5.75 Å². The van der Waals surface area contributed by atoms with E-state index < -0.39 is 22.0 Å². The summed E-state index contributed by atoms with van der Waals surface area (Å²) in [4.78, 5) is 12.7. The van der Waals surface area contributed by atoms with Crippen molar-refractivity contribution in [3.8, 4) is 5.75 Å². The van der Waals surface area contributed by atoms with Crippen molar-refractivity contribution >= 4 is 38.9 Å². The molecular formula is C18H19ClN2O4S. The van der Waals surface area contributed by atoms with Crippen LogP contribution in [0.1, 0.15) is 11.1 Å². The number of benzene rings is 2. The van der Waals surface area contributed by atoms with Crippen LogP contribution in [0.15, 0.2) is 36.4 Å². The number of hydrogen-bond acceptors (Lipinski definition) is 4. The smallest absolute Gasteiger partial charge is 0.267 e. The maximum Gasteiger partial charge on any atom is 0.267 e. The summed E-state index contributed by atoms with van der Waals surface area (Å²) in [7, 11) is -3.56. The Hall–Kier alpha value is -2.25. The molecule has 1 heterocycles. The number of sulfonamides is 1. The fourth-order valence-corrected chi connectivity index (χ4v) is 3.83. The number of carbonyl (C=O) groups is 1. The first-order valence-electron chi connectivity index (χ1n) is 7.97. The normalized spacial score (nSPS) is 16.6. The van der Waals surface area contributed by atoms with Crippen LogP contribution in [0, 0.1) is 13.8 Å². The van der Waals surface area contributed by atoms with E-state index in [4.69, 9.17) is 16.3 Å². The van der Waals surface area contributed by atoms with Gasteiger partial charge in [0.2, 0.25) is 10.0 Å². The number of halogens is 1. The molecule has 0 aliphatic carbocycles. The Morgan fingerprint density at radius 2 is 1.96 bits per heavy atom. The van der Waals surface area contributed by atoms with Crippen LogP contribution in [-0.2, 0) is 14.8 Å². The van der Waals surface area contributed by atoms with Crippen molar-refractivity contribution in [1.29, 1.82) is 0 Å². The standard InChI is InChI=1S/C18H19ClN2O4S/c1-11-4-7-16-15(8-11)21(26(3,23)24)10-17(25-16)18(22)20-14-9-13(19)6-5-12(14)2/h4-9,17H,10H2,1-3H3,(H,20,22)/t17-/m0/s1. The first kappa shape index (κ1) is 18.5. The lowest BCUT2D eigenvalue weighted by Crippen LogP contribution is -2.48. The molecule has 0 spiro atoms. The van der Waals surface area contributed by atoms with Gasteiger partial charge in [0.15, 0.2) is 6.10 Å². The van der Waals surface area contributed by atoms with Crippen LogP contribution in [0.2, 0.25) is 5.02 Å². The molecule has 2 aromatic carbocycles. The number of nitrogens with one attached hydrogen (secondary N) is 1. The molecule has 0 unspecified atom stereocenters. The molecule has 6 nitrogen and oxygen atoms in total. The van der Waals surface area contributed by atoms with Crippen LogP contribution in [0.3, 0.4) is 0 Å². The maximum absolute atomic E-state index is 12.7. The highest BCUT2D eigenvalue weighted by Crippen LogP contribution is 2.36. The minimum Gasteiger partial charge on any atom is -0.476 e. The Balaban J connectivity index is 1.91. The monoisotopic (exact) mass is 394 g/mol. The number of carbonyl (C=O) groups excluding carboxylic acids is 1. The lowest BCUT2D eigenvalue weighted by atomic mass is 10.1. The maximum atomic E-state index is 12.7. The van der Waals surface area contributed by atoms with E-state index in [2.05, 4.69) is 5.32 Å². The molecule has 8 heteroatoms. The Morgan fingerprint density at radius 3 is 2.65 bits per heavy atom. The highest BCUT2D eigenvalue weighted by Gasteiger charge is 2.35. The van der Waals surface area contributed by atoms with E-state index in [1.54, 1.807) is 36.4 Å². The van der Waals surface area contributed by atoms with Crippen LogP contribution in [-0.4, -0.2) is 33.2 Å². The van der Waals surface area contributed by atoms with Crippen molar-refractivity contribution in [1.82, 2.24) is 0 Å². The van der Waals surface area contributed by atoms with Crippen molar-refractivity contribution in [2.75, 3.05) is 22.4 Å². The van der Waals surface area contributed by atoms with Gasteiger partial charge >= 0.3 is 0 Å². The van der Waals surface area contributed by atoms with Gasteiger partial charge in [0.1, 0.15) is 5.75 Å². The fraction of sp³-hybridized carbons (Fsp3) is 0.278. The summed E-state index contributed by atoms with van der Waals surface area (Å²) in [6.07, 6.45) is 0.138. The molecule has 1 atom stereocenters. The molecule has 0 saturated heterocycles. The highest BCUT2D eigenvalue weighted by atomic mass is 35.5. The van der Waals surface area contributed by atoms with E-state index in [-0.39, 0.29) is 6.54 Å². The summed E-state index contributed by atoms with van der Waals surface area (Å²) >= 11 is 5.98. The minimum absolute atomic E-state index is 0.0965. The third-order valence-electron chi connectivity index (χ3n) is 4.13. The number of ether oxygens (including phenoxy) is 1. The van der Waals surface area contributed by atoms with Gasteiger partial charge in [-0.3, -0.25) is 9.10 Å². The molecule has 1 amide bonds. The van der Waals surface area contributed by atoms with Gasteiger partial charge in [0.05, 0.1) is 18.5 Å². The molecular weight excluding hydrogens is 376 g/mol. The van der Waals surface area contributed by atoms with Gasteiger partial charge in [-0.25, -0.2) is 8.42 Å². The van der Waals surface area contributed by atoms with Gasteiger partial charge < -0.3 is 10.1 Å². The molecule has 0 bridgehead atoms. The molecule has 1 N–H and O–H groups in total. The SMILES string of the molecule is Cc1ccc2c(c1)N(S(C)(=O)=O)C[C@@H](C(=O)Nc1cc(Cl)ccc1C)O2. The fourth-order valence-electron chi connectivity index (χ4n) is 2.75. The second-order valence-electron chi connectivity index (χ2n) is 6.32. The third-order valence-corrected chi connectivity index (χ3v) is 5.52. The summed E-state index contributed by atoms with van der Waals surface area (Å²) in [5.74, 6) is -0.0783. The number of fused-ring (bicyclic) bond motifs is 1. The first-order valence-corrected chi connectivity index (χ1v) is 10.2. The van der Waals surface area contributed by atoms with E-state index >= 15 is 0 Å². The molecule has 0 saturated carbocycles. The molecule has 26 heavy (non-hydrogen) atoms. The molecule has 1 aliphatic rings. The lowest BCUT2D eigenvalue weighted by Gasteiger charge is -2.34.